The molecule has 0 aromatic carbocycles. The molecular formula is C13H22N4O4. The molecule has 0 fully saturated rings. The van der Waals surface area contributed by atoms with Crippen LogP contribution in [0.3, 0.4) is 0 Å². The quantitative estimate of drug-likeness (QED) is 0.731. The van der Waals surface area contributed by atoms with E-state index < -0.39 is 18.0 Å². The van der Waals surface area contributed by atoms with Gasteiger partial charge in [0.1, 0.15) is 0 Å². The Labute approximate surface area is 123 Å². The maximum Gasteiger partial charge on any atom is 0.315 e. The van der Waals surface area contributed by atoms with Crippen LogP contribution in [0.1, 0.15) is 45.3 Å². The van der Waals surface area contributed by atoms with E-state index in [0.29, 0.717) is 18.1 Å². The van der Waals surface area contributed by atoms with Crippen molar-refractivity contribution in [2.24, 2.45) is 5.41 Å². The normalized spacial score (nSPS) is 12.8. The van der Waals surface area contributed by atoms with Crippen LogP contribution in [0.5, 0.6) is 0 Å². The fraction of sp³-hybridized carbons (Fsp3) is 0.692. The van der Waals surface area contributed by atoms with Gasteiger partial charge in [0.15, 0.2) is 5.82 Å². The zero-order chi connectivity index (χ0) is 16.0. The Morgan fingerprint density at radius 1 is 1.38 bits per heavy atom. The van der Waals surface area contributed by atoms with E-state index in [1.807, 2.05) is 20.8 Å². The molecule has 0 saturated carbocycles. The third kappa shape index (κ3) is 7.28. The summed E-state index contributed by atoms with van der Waals surface area (Å²) in [5.41, 5.74) is -0.0851. The molecule has 0 bridgehead atoms. The Hall–Kier alpha value is -2.12. The summed E-state index contributed by atoms with van der Waals surface area (Å²) in [6.07, 6.45) is 0.444. The van der Waals surface area contributed by atoms with Crippen molar-refractivity contribution in [3.05, 3.63) is 11.7 Å². The highest BCUT2D eigenvalue weighted by atomic mass is 16.5. The lowest BCUT2D eigenvalue weighted by atomic mass is 9.87. The van der Waals surface area contributed by atoms with E-state index in [1.54, 1.807) is 6.92 Å². The van der Waals surface area contributed by atoms with Gasteiger partial charge in [0.25, 0.3) is 0 Å². The van der Waals surface area contributed by atoms with E-state index >= 15 is 0 Å². The van der Waals surface area contributed by atoms with Crippen molar-refractivity contribution < 1.29 is 19.2 Å². The lowest BCUT2D eigenvalue weighted by Crippen LogP contribution is -2.44. The first-order valence-corrected chi connectivity index (χ1v) is 6.71. The number of carbonyl (C=O) groups is 2. The second-order valence-corrected chi connectivity index (χ2v) is 6.12. The van der Waals surface area contributed by atoms with E-state index in [2.05, 4.69) is 20.8 Å². The fourth-order valence-corrected chi connectivity index (χ4v) is 1.93. The second-order valence-electron chi connectivity index (χ2n) is 6.12. The minimum Gasteiger partial charge on any atom is -0.481 e. The number of nitrogens with one attached hydrogen (secondary N) is 2. The number of carbonyl (C=O) groups excluding carboxylic acids is 1. The van der Waals surface area contributed by atoms with Gasteiger partial charge in [0.2, 0.25) is 5.89 Å². The molecule has 1 atom stereocenters. The maximum atomic E-state index is 11.8. The number of carboxylic acids is 1. The van der Waals surface area contributed by atoms with Crippen LogP contribution in [0.4, 0.5) is 4.79 Å². The second kappa shape index (κ2) is 7.05. The zero-order valence-electron chi connectivity index (χ0n) is 12.8. The van der Waals surface area contributed by atoms with Crippen molar-refractivity contribution >= 4 is 12.0 Å². The number of aliphatic carboxylic acids is 1. The van der Waals surface area contributed by atoms with Crippen LogP contribution in [-0.2, 0) is 11.3 Å². The van der Waals surface area contributed by atoms with Crippen molar-refractivity contribution in [2.45, 2.75) is 53.1 Å². The number of urea groups is 1. The van der Waals surface area contributed by atoms with Crippen molar-refractivity contribution in [1.29, 1.82) is 0 Å². The Bertz CT molecular complexity index is 493. The lowest BCUT2D eigenvalue weighted by molar-refractivity contribution is -0.137. The molecule has 0 radical (unpaired) electrons. The van der Waals surface area contributed by atoms with E-state index in [-0.39, 0.29) is 18.4 Å². The first-order chi connectivity index (χ1) is 9.65. The molecule has 3 N–H and O–H groups in total. The summed E-state index contributed by atoms with van der Waals surface area (Å²) in [7, 11) is 0. The Morgan fingerprint density at radius 3 is 2.52 bits per heavy atom. The summed E-state index contributed by atoms with van der Waals surface area (Å²) < 4.78 is 4.79. The van der Waals surface area contributed by atoms with E-state index in [1.165, 1.54) is 0 Å². The van der Waals surface area contributed by atoms with Gasteiger partial charge in [-0.2, -0.15) is 4.98 Å². The molecule has 1 unspecified atom stereocenters. The predicted octanol–water partition coefficient (Wildman–Crippen LogP) is 1.46. The number of aromatic nitrogens is 2. The summed E-state index contributed by atoms with van der Waals surface area (Å²) >= 11 is 0. The van der Waals surface area contributed by atoms with Crippen LogP contribution in [0, 0.1) is 12.3 Å². The molecule has 0 aliphatic carbocycles. The molecule has 1 aromatic heterocycles. The third-order valence-corrected chi connectivity index (χ3v) is 2.59. The number of rotatable bonds is 6. The molecule has 21 heavy (non-hydrogen) atoms. The smallest absolute Gasteiger partial charge is 0.315 e. The fourth-order valence-electron chi connectivity index (χ4n) is 1.93. The number of nitrogens with zero attached hydrogens (tertiary/aromatic N) is 2. The third-order valence-electron chi connectivity index (χ3n) is 2.59. The highest BCUT2D eigenvalue weighted by molar-refractivity contribution is 5.75. The molecule has 0 aliphatic heterocycles. The van der Waals surface area contributed by atoms with Gasteiger partial charge in [-0.25, -0.2) is 4.79 Å². The van der Waals surface area contributed by atoms with Crippen LogP contribution >= 0.6 is 0 Å². The van der Waals surface area contributed by atoms with Crippen molar-refractivity contribution in [2.75, 3.05) is 0 Å². The van der Waals surface area contributed by atoms with Crippen LogP contribution in [0.2, 0.25) is 0 Å². The number of hydrogen-bond acceptors (Lipinski definition) is 5. The van der Waals surface area contributed by atoms with Gasteiger partial charge in [-0.3, -0.25) is 4.79 Å². The standard InChI is InChI=1S/C13H22N4O4/c1-8-15-10(17-21-8)7-14-12(20)16-9(5-11(18)19)6-13(2,3)4/h9H,5-7H2,1-4H3,(H,18,19)(H2,14,16,20). The number of hydrogen-bond donors (Lipinski definition) is 3. The van der Waals surface area contributed by atoms with Crippen LogP contribution in [-0.4, -0.2) is 33.3 Å². The maximum absolute atomic E-state index is 11.8. The molecule has 8 heteroatoms. The number of carboxylic acid groups (broad SMARTS) is 1. The topological polar surface area (TPSA) is 117 Å². The van der Waals surface area contributed by atoms with Crippen molar-refractivity contribution in [1.82, 2.24) is 20.8 Å². The molecule has 1 aromatic rings. The monoisotopic (exact) mass is 298 g/mol. The van der Waals surface area contributed by atoms with Gasteiger partial charge in [-0.05, 0) is 11.8 Å². The van der Waals surface area contributed by atoms with Crippen LogP contribution in [0.25, 0.3) is 0 Å². The summed E-state index contributed by atoms with van der Waals surface area (Å²) in [6.45, 7) is 7.75. The molecule has 2 amide bonds. The van der Waals surface area contributed by atoms with Gasteiger partial charge in [0, 0.05) is 13.0 Å². The predicted molar refractivity (Wildman–Crippen MR) is 74.5 cm³/mol. The molecule has 0 spiro atoms. The van der Waals surface area contributed by atoms with Crippen LogP contribution < -0.4 is 10.6 Å². The average molecular weight is 298 g/mol. The molecule has 8 nitrogen and oxygen atoms in total. The molecule has 0 saturated heterocycles. The van der Waals surface area contributed by atoms with E-state index in [9.17, 15) is 9.59 Å². The lowest BCUT2D eigenvalue weighted by Gasteiger charge is -2.25. The van der Waals surface area contributed by atoms with Crippen molar-refractivity contribution in [3.8, 4) is 0 Å². The Balaban J connectivity index is 2.49. The molecule has 1 rings (SSSR count). The molecular weight excluding hydrogens is 276 g/mol. The van der Waals surface area contributed by atoms with Gasteiger partial charge in [0.05, 0.1) is 13.0 Å². The van der Waals surface area contributed by atoms with Crippen LogP contribution in [0.15, 0.2) is 4.52 Å². The largest absolute Gasteiger partial charge is 0.481 e. The number of aryl methyl sites for hydroxylation is 1. The first-order valence-electron chi connectivity index (χ1n) is 6.71. The highest BCUT2D eigenvalue weighted by Gasteiger charge is 2.22. The molecule has 118 valence electrons. The van der Waals surface area contributed by atoms with E-state index in [0.717, 1.165) is 0 Å². The van der Waals surface area contributed by atoms with Gasteiger partial charge in [-0.1, -0.05) is 25.9 Å². The molecule has 0 aliphatic rings. The Kier molecular flexibility index (Phi) is 5.69. The SMILES string of the molecule is Cc1nc(CNC(=O)NC(CC(=O)O)CC(C)(C)C)no1. The summed E-state index contributed by atoms with van der Waals surface area (Å²) in [6, 6.07) is -0.887. The average Bonchev–Trinajstić information content (AvgIpc) is 2.69. The Morgan fingerprint density at radius 2 is 2.05 bits per heavy atom. The summed E-state index contributed by atoms with van der Waals surface area (Å²) in [5, 5.41) is 17.8. The first kappa shape index (κ1) is 16.9. The zero-order valence-corrected chi connectivity index (χ0v) is 12.8. The minimum atomic E-state index is -0.946. The highest BCUT2D eigenvalue weighted by Crippen LogP contribution is 2.22. The van der Waals surface area contributed by atoms with Gasteiger partial charge in [-0.15, -0.1) is 0 Å². The van der Waals surface area contributed by atoms with E-state index in [4.69, 9.17) is 9.63 Å². The molecule has 1 heterocycles. The van der Waals surface area contributed by atoms with Gasteiger partial charge < -0.3 is 20.3 Å². The summed E-state index contributed by atoms with van der Waals surface area (Å²) in [5.74, 6) is -0.157. The summed E-state index contributed by atoms with van der Waals surface area (Å²) in [4.78, 5) is 26.6. The number of amides is 2. The minimum absolute atomic E-state index is 0.0851. The van der Waals surface area contributed by atoms with Crippen molar-refractivity contribution in [3.63, 3.8) is 0 Å². The van der Waals surface area contributed by atoms with Gasteiger partial charge >= 0.3 is 12.0 Å².